The van der Waals surface area contributed by atoms with E-state index in [-0.39, 0.29) is 18.7 Å². The highest BCUT2D eigenvalue weighted by Gasteiger charge is 2.18. The first-order valence-electron chi connectivity index (χ1n) is 7.70. The average Bonchev–Trinajstić information content (AvgIpc) is 2.47. The number of aliphatic hydroxyl groups is 1. The molecule has 1 aliphatic heterocycles. The smallest absolute Gasteiger partial charge is 0.161 e. The minimum atomic E-state index is -1.19. The summed E-state index contributed by atoms with van der Waals surface area (Å²) in [4.78, 5) is 2.21. The number of piperidine rings is 1. The zero-order valence-corrected chi connectivity index (χ0v) is 12.8. The minimum absolute atomic E-state index is 0.0527. The first kappa shape index (κ1) is 17.2. The second-order valence-corrected chi connectivity index (χ2v) is 6.13. The van der Waals surface area contributed by atoms with Gasteiger partial charge in [-0.2, -0.15) is 0 Å². The lowest BCUT2D eigenvalue weighted by Gasteiger charge is -2.31. The van der Waals surface area contributed by atoms with Gasteiger partial charge in [-0.1, -0.05) is 6.92 Å². The molecule has 1 saturated heterocycles. The number of β-amino-alcohol motifs (C(OH)–C–C–N with tert-alkyl or cyclic N) is 1. The van der Waals surface area contributed by atoms with E-state index in [9.17, 15) is 18.3 Å². The van der Waals surface area contributed by atoms with Crippen molar-refractivity contribution >= 4 is 0 Å². The van der Waals surface area contributed by atoms with Crippen LogP contribution in [0.4, 0.5) is 13.2 Å². The summed E-state index contributed by atoms with van der Waals surface area (Å²) in [5.74, 6) is -2.31. The number of hydrogen-bond acceptors (Lipinski definition) is 3. The van der Waals surface area contributed by atoms with E-state index in [2.05, 4.69) is 17.1 Å². The van der Waals surface area contributed by atoms with Crippen LogP contribution in [-0.2, 0) is 6.54 Å². The molecule has 124 valence electrons. The predicted molar refractivity (Wildman–Crippen MR) is 78.9 cm³/mol. The number of halogens is 3. The van der Waals surface area contributed by atoms with Crippen molar-refractivity contribution in [2.75, 3.05) is 26.2 Å². The molecule has 1 aromatic rings. The molecule has 1 aromatic carbocycles. The third kappa shape index (κ3) is 4.97. The van der Waals surface area contributed by atoms with E-state index < -0.39 is 23.6 Å². The largest absolute Gasteiger partial charge is 0.390 e. The summed E-state index contributed by atoms with van der Waals surface area (Å²) >= 11 is 0. The molecule has 0 aromatic heterocycles. The van der Waals surface area contributed by atoms with Crippen molar-refractivity contribution in [1.29, 1.82) is 0 Å². The Kier molecular flexibility index (Phi) is 6.23. The fraction of sp³-hybridized carbons (Fsp3) is 0.625. The summed E-state index contributed by atoms with van der Waals surface area (Å²) in [5, 5.41) is 12.9. The molecule has 0 saturated carbocycles. The monoisotopic (exact) mass is 316 g/mol. The second kappa shape index (κ2) is 7.94. The molecule has 1 aliphatic rings. The van der Waals surface area contributed by atoms with E-state index in [0.717, 1.165) is 37.9 Å². The van der Waals surface area contributed by atoms with E-state index in [1.165, 1.54) is 0 Å². The van der Waals surface area contributed by atoms with E-state index in [0.29, 0.717) is 12.6 Å². The van der Waals surface area contributed by atoms with Gasteiger partial charge in [0, 0.05) is 31.3 Å². The summed E-state index contributed by atoms with van der Waals surface area (Å²) in [6.45, 7) is 5.10. The number of likely N-dealkylation sites (tertiary alicyclic amines) is 1. The van der Waals surface area contributed by atoms with Crippen molar-refractivity contribution in [2.45, 2.75) is 32.4 Å². The third-order valence-corrected chi connectivity index (χ3v) is 4.13. The minimum Gasteiger partial charge on any atom is -0.390 e. The molecular formula is C16H23F3N2O. The molecule has 2 N–H and O–H groups in total. The van der Waals surface area contributed by atoms with Gasteiger partial charge in [0.2, 0.25) is 0 Å². The molecule has 1 fully saturated rings. The molecule has 2 rings (SSSR count). The van der Waals surface area contributed by atoms with Gasteiger partial charge in [0.05, 0.1) is 6.10 Å². The topological polar surface area (TPSA) is 35.5 Å². The maximum absolute atomic E-state index is 13.4. The Labute approximate surface area is 129 Å². The standard InChI is InChI=1S/C16H23F3N2O/c1-11-2-4-21(5-3-11)10-13(22)9-20-8-12-6-15(18)16(19)7-14(12)17/h6-7,11,13,20,22H,2-5,8-10H2,1H3. The molecule has 3 nitrogen and oxygen atoms in total. The van der Waals surface area contributed by atoms with Crippen molar-refractivity contribution < 1.29 is 18.3 Å². The van der Waals surface area contributed by atoms with Gasteiger partial charge < -0.3 is 15.3 Å². The van der Waals surface area contributed by atoms with Crippen molar-refractivity contribution in [3.8, 4) is 0 Å². The zero-order valence-electron chi connectivity index (χ0n) is 12.8. The molecule has 6 heteroatoms. The highest BCUT2D eigenvalue weighted by atomic mass is 19.2. The van der Waals surface area contributed by atoms with Crippen LogP contribution in [0.15, 0.2) is 12.1 Å². The highest BCUT2D eigenvalue weighted by molar-refractivity contribution is 5.19. The highest BCUT2D eigenvalue weighted by Crippen LogP contribution is 2.16. The van der Waals surface area contributed by atoms with Gasteiger partial charge in [-0.15, -0.1) is 0 Å². The summed E-state index contributed by atoms with van der Waals surface area (Å²) < 4.78 is 39.3. The van der Waals surface area contributed by atoms with Crippen LogP contribution in [0.1, 0.15) is 25.3 Å². The van der Waals surface area contributed by atoms with Gasteiger partial charge in [-0.05, 0) is 37.9 Å². The fourth-order valence-corrected chi connectivity index (χ4v) is 2.68. The Hall–Kier alpha value is -1.11. The summed E-state index contributed by atoms with van der Waals surface area (Å²) in [7, 11) is 0. The van der Waals surface area contributed by atoms with E-state index in [4.69, 9.17) is 0 Å². The van der Waals surface area contributed by atoms with Crippen molar-refractivity contribution in [1.82, 2.24) is 10.2 Å². The predicted octanol–water partition coefficient (Wildman–Crippen LogP) is 2.29. The normalized spacial score (nSPS) is 18.6. The number of nitrogens with zero attached hydrogens (tertiary/aromatic N) is 1. The average molecular weight is 316 g/mol. The number of hydrogen-bond donors (Lipinski definition) is 2. The SMILES string of the molecule is CC1CCN(CC(O)CNCc2cc(F)c(F)cc2F)CC1. The van der Waals surface area contributed by atoms with E-state index in [1.807, 2.05) is 0 Å². The molecule has 1 heterocycles. The van der Waals surface area contributed by atoms with Crippen molar-refractivity contribution in [3.63, 3.8) is 0 Å². The third-order valence-electron chi connectivity index (χ3n) is 4.13. The Balaban J connectivity index is 1.73. The van der Waals surface area contributed by atoms with Gasteiger partial charge in [0.1, 0.15) is 5.82 Å². The summed E-state index contributed by atoms with van der Waals surface area (Å²) in [6, 6.07) is 1.38. The lowest BCUT2D eigenvalue weighted by atomic mass is 9.99. The zero-order chi connectivity index (χ0) is 16.1. The van der Waals surface area contributed by atoms with Crippen LogP contribution in [-0.4, -0.2) is 42.3 Å². The van der Waals surface area contributed by atoms with Crippen LogP contribution in [0.3, 0.4) is 0 Å². The molecule has 0 spiro atoms. The maximum Gasteiger partial charge on any atom is 0.161 e. The van der Waals surface area contributed by atoms with Crippen molar-refractivity contribution in [2.24, 2.45) is 5.92 Å². The van der Waals surface area contributed by atoms with Gasteiger partial charge in [-0.3, -0.25) is 0 Å². The second-order valence-electron chi connectivity index (χ2n) is 6.13. The molecule has 0 radical (unpaired) electrons. The lowest BCUT2D eigenvalue weighted by molar-refractivity contribution is 0.0906. The van der Waals surface area contributed by atoms with Gasteiger partial charge in [-0.25, -0.2) is 13.2 Å². The van der Waals surface area contributed by atoms with Crippen LogP contribution >= 0.6 is 0 Å². The number of aliphatic hydroxyl groups excluding tert-OH is 1. The van der Waals surface area contributed by atoms with Crippen molar-refractivity contribution in [3.05, 3.63) is 35.1 Å². The molecule has 1 atom stereocenters. The maximum atomic E-state index is 13.4. The van der Waals surface area contributed by atoms with Crippen LogP contribution in [0.25, 0.3) is 0 Å². The summed E-state index contributed by atoms with van der Waals surface area (Å²) in [6.07, 6.45) is 1.71. The Morgan fingerprint density at radius 1 is 1.18 bits per heavy atom. The van der Waals surface area contributed by atoms with E-state index >= 15 is 0 Å². The quantitative estimate of drug-likeness (QED) is 0.791. The molecule has 1 unspecified atom stereocenters. The molecular weight excluding hydrogens is 293 g/mol. The number of benzene rings is 1. The molecule has 0 bridgehead atoms. The van der Waals surface area contributed by atoms with Crippen LogP contribution < -0.4 is 5.32 Å². The summed E-state index contributed by atoms with van der Waals surface area (Å²) in [5.41, 5.74) is 0.0536. The molecule has 22 heavy (non-hydrogen) atoms. The van der Waals surface area contributed by atoms with Gasteiger partial charge >= 0.3 is 0 Å². The molecule has 0 amide bonds. The Bertz CT molecular complexity index is 491. The lowest BCUT2D eigenvalue weighted by Crippen LogP contribution is -2.41. The van der Waals surface area contributed by atoms with Gasteiger partial charge in [0.15, 0.2) is 11.6 Å². The van der Waals surface area contributed by atoms with Crippen LogP contribution in [0.5, 0.6) is 0 Å². The first-order chi connectivity index (χ1) is 10.5. The number of rotatable bonds is 6. The van der Waals surface area contributed by atoms with Gasteiger partial charge in [0.25, 0.3) is 0 Å². The number of nitrogens with one attached hydrogen (secondary N) is 1. The Morgan fingerprint density at radius 3 is 2.50 bits per heavy atom. The van der Waals surface area contributed by atoms with Crippen LogP contribution in [0, 0.1) is 23.4 Å². The Morgan fingerprint density at radius 2 is 1.82 bits per heavy atom. The van der Waals surface area contributed by atoms with Crippen LogP contribution in [0.2, 0.25) is 0 Å². The fourth-order valence-electron chi connectivity index (χ4n) is 2.68. The molecule has 0 aliphatic carbocycles. The van der Waals surface area contributed by atoms with E-state index in [1.54, 1.807) is 0 Å². The first-order valence-corrected chi connectivity index (χ1v) is 7.70.